The Morgan fingerprint density at radius 1 is 0.929 bits per heavy atom. The molecule has 0 atom stereocenters. The van der Waals surface area contributed by atoms with Gasteiger partial charge in [-0.15, -0.1) is 0 Å². The number of rotatable bonds is 2. The van der Waals surface area contributed by atoms with Crippen molar-refractivity contribution in [3.8, 4) is 0 Å². The third-order valence-electron chi connectivity index (χ3n) is 3.90. The van der Waals surface area contributed by atoms with E-state index in [1.165, 1.54) is 43.8 Å². The van der Waals surface area contributed by atoms with Crippen molar-refractivity contribution in [2.45, 2.75) is 13.8 Å². The number of quaternary nitrogens is 2. The first kappa shape index (κ1) is 11.9. The lowest BCUT2D eigenvalue weighted by atomic mass is 10.1. The van der Waals surface area contributed by atoms with Crippen LogP contribution in [0.1, 0.15) is 13.8 Å². The van der Waals surface area contributed by atoms with E-state index in [1.54, 1.807) is 0 Å². The maximum atomic E-state index is 12.3. The smallest absolute Gasteiger partial charge is 0.138 e. The SMILES string of the molecule is CC.C[N+]12CC[N+](CCF)(CC1)CC2. The average Bonchev–Trinajstić information content (AvgIpc) is 2.24. The maximum Gasteiger partial charge on any atom is 0.138 e. The van der Waals surface area contributed by atoms with Gasteiger partial charge in [-0.05, 0) is 0 Å². The molecule has 2 nitrogen and oxygen atoms in total. The van der Waals surface area contributed by atoms with Crippen molar-refractivity contribution in [3.63, 3.8) is 0 Å². The van der Waals surface area contributed by atoms with Crippen LogP contribution in [-0.2, 0) is 0 Å². The van der Waals surface area contributed by atoms with Gasteiger partial charge in [0.1, 0.15) is 52.5 Å². The van der Waals surface area contributed by atoms with Gasteiger partial charge in [0.05, 0.1) is 7.05 Å². The number of halogens is 1. The number of hydrogen-bond donors (Lipinski definition) is 0. The highest BCUT2D eigenvalue weighted by atomic mass is 19.1. The minimum atomic E-state index is -0.135. The highest BCUT2D eigenvalue weighted by molar-refractivity contribution is 4.59. The molecule has 0 spiro atoms. The quantitative estimate of drug-likeness (QED) is 0.594. The Bertz CT molecular complexity index is 158. The number of hydrogen-bond acceptors (Lipinski definition) is 0. The molecule has 0 aliphatic carbocycles. The number of alkyl halides is 1. The fourth-order valence-electron chi connectivity index (χ4n) is 2.55. The van der Waals surface area contributed by atoms with E-state index >= 15 is 0 Å². The van der Waals surface area contributed by atoms with Gasteiger partial charge in [-0.3, -0.25) is 0 Å². The van der Waals surface area contributed by atoms with Crippen molar-refractivity contribution >= 4 is 0 Å². The fraction of sp³-hybridized carbons (Fsp3) is 1.00. The van der Waals surface area contributed by atoms with Gasteiger partial charge in [-0.2, -0.15) is 0 Å². The summed E-state index contributed by atoms with van der Waals surface area (Å²) in [5, 5.41) is 0. The molecular formula is C11H25FN2+2. The predicted molar refractivity (Wildman–Crippen MR) is 57.8 cm³/mol. The second-order valence-corrected chi connectivity index (χ2v) is 4.72. The van der Waals surface area contributed by atoms with Crippen LogP contribution in [0.3, 0.4) is 0 Å². The number of fused-ring (bicyclic) bond motifs is 3. The second kappa shape index (κ2) is 4.58. The molecular weight excluding hydrogens is 179 g/mol. The summed E-state index contributed by atoms with van der Waals surface area (Å²) in [6, 6.07) is 0. The zero-order chi connectivity index (χ0) is 10.7. The Labute approximate surface area is 87.5 Å². The highest BCUT2D eigenvalue weighted by Crippen LogP contribution is 2.23. The van der Waals surface area contributed by atoms with Crippen LogP contribution in [0.5, 0.6) is 0 Å². The van der Waals surface area contributed by atoms with Crippen molar-refractivity contribution in [2.24, 2.45) is 0 Å². The van der Waals surface area contributed by atoms with Gasteiger partial charge in [0.2, 0.25) is 0 Å². The van der Waals surface area contributed by atoms with E-state index in [1.807, 2.05) is 13.8 Å². The van der Waals surface area contributed by atoms with Gasteiger partial charge in [0.25, 0.3) is 0 Å². The van der Waals surface area contributed by atoms with Gasteiger partial charge in [-0.25, -0.2) is 4.39 Å². The Hall–Kier alpha value is -0.150. The molecule has 0 amide bonds. The van der Waals surface area contributed by atoms with Crippen molar-refractivity contribution in [2.75, 3.05) is 59.5 Å². The molecule has 3 aliphatic heterocycles. The van der Waals surface area contributed by atoms with Crippen LogP contribution in [0.25, 0.3) is 0 Å². The third kappa shape index (κ3) is 2.26. The van der Waals surface area contributed by atoms with Crippen LogP contribution in [0.2, 0.25) is 0 Å². The molecule has 14 heavy (non-hydrogen) atoms. The molecule has 3 aliphatic rings. The Morgan fingerprint density at radius 2 is 1.36 bits per heavy atom. The van der Waals surface area contributed by atoms with E-state index in [0.717, 1.165) is 11.0 Å². The predicted octanol–water partition coefficient (Wildman–Crippen LogP) is 1.27. The molecule has 3 rings (SSSR count). The molecule has 84 valence electrons. The summed E-state index contributed by atoms with van der Waals surface area (Å²) in [6.45, 7) is 12.0. The highest BCUT2D eigenvalue weighted by Gasteiger charge is 2.46. The summed E-state index contributed by atoms with van der Waals surface area (Å²) in [5.41, 5.74) is 0. The summed E-state index contributed by atoms with van der Waals surface area (Å²) in [6.07, 6.45) is 0. The van der Waals surface area contributed by atoms with Gasteiger partial charge in [0.15, 0.2) is 0 Å². The van der Waals surface area contributed by atoms with Crippen molar-refractivity contribution in [1.82, 2.24) is 0 Å². The van der Waals surface area contributed by atoms with Gasteiger partial charge in [-0.1, -0.05) is 13.8 Å². The lowest BCUT2D eigenvalue weighted by molar-refractivity contribution is -1.07. The first-order chi connectivity index (χ1) is 6.68. The minimum Gasteiger partial charge on any atom is -0.312 e. The van der Waals surface area contributed by atoms with E-state index in [9.17, 15) is 4.39 Å². The molecule has 0 unspecified atom stereocenters. The molecule has 3 heteroatoms. The van der Waals surface area contributed by atoms with Gasteiger partial charge in [0, 0.05) is 0 Å². The molecule has 0 aromatic carbocycles. The van der Waals surface area contributed by atoms with Crippen LogP contribution in [0, 0.1) is 0 Å². The number of piperazine rings is 3. The summed E-state index contributed by atoms with van der Waals surface area (Å²) in [5.74, 6) is 0. The average molecular weight is 204 g/mol. The summed E-state index contributed by atoms with van der Waals surface area (Å²) in [7, 11) is 2.34. The summed E-state index contributed by atoms with van der Waals surface area (Å²) in [4.78, 5) is 0. The number of nitrogens with zero attached hydrogens (tertiary/aromatic N) is 2. The molecule has 3 saturated heterocycles. The Morgan fingerprint density at radius 3 is 1.71 bits per heavy atom. The molecule has 0 aromatic heterocycles. The Kier molecular flexibility index (Phi) is 3.90. The van der Waals surface area contributed by atoms with E-state index in [2.05, 4.69) is 7.05 Å². The standard InChI is InChI=1S/C9H19FN2.C2H6/c1-11-4-7-12(3-2-10,8-5-11)9-6-11;1-2/h2-9H2,1H3;1-2H3/q+2;. The van der Waals surface area contributed by atoms with Crippen LogP contribution >= 0.6 is 0 Å². The van der Waals surface area contributed by atoms with Gasteiger partial charge >= 0.3 is 0 Å². The Balaban J connectivity index is 0.000000461. The molecule has 0 N–H and O–H groups in total. The largest absolute Gasteiger partial charge is 0.312 e. The molecule has 0 radical (unpaired) electrons. The van der Waals surface area contributed by atoms with Crippen molar-refractivity contribution in [3.05, 3.63) is 0 Å². The van der Waals surface area contributed by atoms with Crippen molar-refractivity contribution < 1.29 is 13.4 Å². The lowest BCUT2D eigenvalue weighted by Crippen LogP contribution is -2.73. The first-order valence-electron chi connectivity index (χ1n) is 5.93. The zero-order valence-corrected chi connectivity index (χ0v) is 9.93. The van der Waals surface area contributed by atoms with Crippen LogP contribution in [0.4, 0.5) is 4.39 Å². The first-order valence-corrected chi connectivity index (χ1v) is 5.93. The van der Waals surface area contributed by atoms with Crippen LogP contribution in [-0.4, -0.2) is 68.5 Å². The van der Waals surface area contributed by atoms with E-state index < -0.39 is 0 Å². The summed E-state index contributed by atoms with van der Waals surface area (Å²) >= 11 is 0. The molecule has 3 heterocycles. The molecule has 0 saturated carbocycles. The molecule has 2 bridgehead atoms. The van der Waals surface area contributed by atoms with E-state index in [4.69, 9.17) is 0 Å². The topological polar surface area (TPSA) is 0 Å². The lowest BCUT2D eigenvalue weighted by Gasteiger charge is -2.53. The van der Waals surface area contributed by atoms with Gasteiger partial charge < -0.3 is 8.97 Å². The monoisotopic (exact) mass is 204 g/mol. The zero-order valence-electron chi connectivity index (χ0n) is 9.93. The maximum absolute atomic E-state index is 12.3. The van der Waals surface area contributed by atoms with Crippen LogP contribution < -0.4 is 0 Å². The number of likely N-dealkylation sites (N-methyl/N-ethyl adjacent to an activating group) is 1. The third-order valence-corrected chi connectivity index (χ3v) is 3.90. The minimum absolute atomic E-state index is 0.135. The summed E-state index contributed by atoms with van der Waals surface area (Å²) < 4.78 is 14.6. The normalized spacial score (nSPS) is 40.3. The van der Waals surface area contributed by atoms with E-state index in [-0.39, 0.29) is 6.67 Å². The fourth-order valence-corrected chi connectivity index (χ4v) is 2.55. The second-order valence-electron chi connectivity index (χ2n) is 4.72. The van der Waals surface area contributed by atoms with Crippen molar-refractivity contribution in [1.29, 1.82) is 0 Å². The van der Waals surface area contributed by atoms with E-state index in [0.29, 0.717) is 0 Å². The molecule has 3 fully saturated rings. The molecule has 0 aromatic rings. The van der Waals surface area contributed by atoms with Crippen LogP contribution in [0.15, 0.2) is 0 Å².